The summed E-state index contributed by atoms with van der Waals surface area (Å²) in [6.45, 7) is 5.53. The molecule has 1 rings (SSSR count). The minimum absolute atomic E-state index is 0.309. The fraction of sp³-hybridized carbons (Fsp3) is 0.538. The highest BCUT2D eigenvalue weighted by Gasteiger charge is 1.94. The van der Waals surface area contributed by atoms with E-state index in [-0.39, 0.29) is 0 Å². The number of hydrogen-bond donors (Lipinski definition) is 2. The number of aliphatic hydroxyl groups is 1. The van der Waals surface area contributed by atoms with Crippen LogP contribution in [0.25, 0.3) is 0 Å². The highest BCUT2D eigenvalue weighted by molar-refractivity contribution is 5.48. The van der Waals surface area contributed by atoms with Crippen molar-refractivity contribution >= 4 is 5.69 Å². The molecule has 84 valence electrons. The number of nitrogens with one attached hydrogen (secondary N) is 1. The minimum Gasteiger partial charge on any atom is -0.396 e. The topological polar surface area (TPSA) is 32.3 Å². The average Bonchev–Trinajstić information content (AvgIpc) is 2.16. The van der Waals surface area contributed by atoms with Crippen LogP contribution in [0.4, 0.5) is 5.69 Å². The van der Waals surface area contributed by atoms with Crippen LogP contribution in [0.3, 0.4) is 0 Å². The molecule has 0 saturated heterocycles. The maximum absolute atomic E-state index is 8.63. The van der Waals surface area contributed by atoms with Crippen LogP contribution in [0.2, 0.25) is 0 Å². The van der Waals surface area contributed by atoms with Crippen molar-refractivity contribution in [1.29, 1.82) is 0 Å². The highest BCUT2D eigenvalue weighted by Crippen LogP contribution is 2.13. The summed E-state index contributed by atoms with van der Waals surface area (Å²) in [7, 11) is 0. The van der Waals surface area contributed by atoms with Gasteiger partial charge in [0.2, 0.25) is 0 Å². The normalized spacial score (nSPS) is 10.3. The number of rotatable bonds is 6. The standard InChI is InChI=1S/C13H21NO/c1-11-8-12(2)10-13(9-11)14-6-4-3-5-7-15/h8-10,14-15H,3-7H2,1-2H3. The second-order valence-corrected chi connectivity index (χ2v) is 4.09. The van der Waals surface area contributed by atoms with Gasteiger partial charge >= 0.3 is 0 Å². The van der Waals surface area contributed by atoms with Crippen molar-refractivity contribution < 1.29 is 5.11 Å². The van der Waals surface area contributed by atoms with E-state index in [1.54, 1.807) is 0 Å². The second kappa shape index (κ2) is 6.46. The van der Waals surface area contributed by atoms with Crippen LogP contribution in [-0.2, 0) is 0 Å². The molecule has 0 aromatic heterocycles. The molecule has 0 unspecified atom stereocenters. The lowest BCUT2D eigenvalue weighted by atomic mass is 10.1. The maximum atomic E-state index is 8.63. The zero-order valence-electron chi connectivity index (χ0n) is 9.71. The van der Waals surface area contributed by atoms with Gasteiger partial charge in [-0.15, -0.1) is 0 Å². The van der Waals surface area contributed by atoms with Gasteiger partial charge in [-0.3, -0.25) is 0 Å². The van der Waals surface area contributed by atoms with Crippen LogP contribution in [0.15, 0.2) is 18.2 Å². The molecule has 0 radical (unpaired) electrons. The van der Waals surface area contributed by atoms with Crippen LogP contribution in [0, 0.1) is 13.8 Å². The maximum Gasteiger partial charge on any atom is 0.0431 e. The lowest BCUT2D eigenvalue weighted by molar-refractivity contribution is 0.283. The van der Waals surface area contributed by atoms with E-state index in [9.17, 15) is 0 Å². The van der Waals surface area contributed by atoms with Gasteiger partial charge in [0.1, 0.15) is 0 Å². The van der Waals surface area contributed by atoms with E-state index in [4.69, 9.17) is 5.11 Å². The van der Waals surface area contributed by atoms with E-state index < -0.39 is 0 Å². The molecule has 0 aliphatic carbocycles. The van der Waals surface area contributed by atoms with E-state index in [1.807, 2.05) is 0 Å². The predicted molar refractivity (Wildman–Crippen MR) is 65.3 cm³/mol. The van der Waals surface area contributed by atoms with Crippen molar-refractivity contribution in [2.75, 3.05) is 18.5 Å². The number of aliphatic hydroxyl groups excluding tert-OH is 1. The summed E-state index contributed by atoms with van der Waals surface area (Å²) in [6, 6.07) is 6.51. The molecule has 15 heavy (non-hydrogen) atoms. The van der Waals surface area contributed by atoms with Gasteiger partial charge in [-0.25, -0.2) is 0 Å². The van der Waals surface area contributed by atoms with Crippen molar-refractivity contribution in [3.63, 3.8) is 0 Å². The zero-order chi connectivity index (χ0) is 11.1. The first-order chi connectivity index (χ1) is 7.22. The number of anilines is 1. The molecule has 0 saturated carbocycles. The zero-order valence-corrected chi connectivity index (χ0v) is 9.71. The van der Waals surface area contributed by atoms with E-state index >= 15 is 0 Å². The molecule has 2 nitrogen and oxygen atoms in total. The Bertz CT molecular complexity index is 276. The third-order valence-electron chi connectivity index (χ3n) is 2.39. The van der Waals surface area contributed by atoms with E-state index in [1.165, 1.54) is 16.8 Å². The van der Waals surface area contributed by atoms with Crippen LogP contribution in [0.5, 0.6) is 0 Å². The Labute approximate surface area is 92.3 Å². The molecular formula is C13H21NO. The van der Waals surface area contributed by atoms with E-state index in [2.05, 4.69) is 37.4 Å². The van der Waals surface area contributed by atoms with Gasteiger partial charge in [-0.2, -0.15) is 0 Å². The van der Waals surface area contributed by atoms with E-state index in [0.29, 0.717) is 6.61 Å². The summed E-state index contributed by atoms with van der Waals surface area (Å²) in [5.41, 5.74) is 3.80. The molecule has 0 aliphatic heterocycles. The van der Waals surface area contributed by atoms with Crippen molar-refractivity contribution in [3.8, 4) is 0 Å². The Kier molecular flexibility index (Phi) is 5.19. The molecule has 0 bridgehead atoms. The fourth-order valence-electron chi connectivity index (χ4n) is 1.72. The van der Waals surface area contributed by atoms with Crippen molar-refractivity contribution in [2.45, 2.75) is 33.1 Å². The molecule has 0 atom stereocenters. The molecule has 0 amide bonds. The summed E-state index contributed by atoms with van der Waals surface area (Å²) >= 11 is 0. The lowest BCUT2D eigenvalue weighted by Gasteiger charge is -2.08. The third-order valence-corrected chi connectivity index (χ3v) is 2.39. The number of aryl methyl sites for hydroxylation is 2. The molecule has 0 aliphatic rings. The minimum atomic E-state index is 0.309. The van der Waals surface area contributed by atoms with Crippen LogP contribution in [0.1, 0.15) is 30.4 Å². The fourth-order valence-corrected chi connectivity index (χ4v) is 1.72. The molecule has 2 heteroatoms. The van der Waals surface area contributed by atoms with Gasteiger partial charge in [0.25, 0.3) is 0 Å². The summed E-state index contributed by atoms with van der Waals surface area (Å²) < 4.78 is 0. The SMILES string of the molecule is Cc1cc(C)cc(NCCCCCO)c1. The Morgan fingerprint density at radius 2 is 1.67 bits per heavy atom. The first-order valence-electron chi connectivity index (χ1n) is 5.65. The summed E-state index contributed by atoms with van der Waals surface area (Å²) in [5, 5.41) is 12.0. The predicted octanol–water partition coefficient (Wildman–Crippen LogP) is 2.88. The van der Waals surface area contributed by atoms with Gasteiger partial charge in [-0.1, -0.05) is 6.07 Å². The molecule has 1 aromatic carbocycles. The lowest BCUT2D eigenvalue weighted by Crippen LogP contribution is -2.02. The van der Waals surface area contributed by atoms with Crippen molar-refractivity contribution in [3.05, 3.63) is 29.3 Å². The van der Waals surface area contributed by atoms with Gasteiger partial charge < -0.3 is 10.4 Å². The summed E-state index contributed by atoms with van der Waals surface area (Å²) in [4.78, 5) is 0. The first kappa shape index (κ1) is 12.1. The quantitative estimate of drug-likeness (QED) is 0.703. The summed E-state index contributed by atoms with van der Waals surface area (Å²) in [5.74, 6) is 0. The summed E-state index contributed by atoms with van der Waals surface area (Å²) in [6.07, 6.45) is 3.12. The van der Waals surface area contributed by atoms with Crippen LogP contribution < -0.4 is 5.32 Å². The molecule has 2 N–H and O–H groups in total. The Hall–Kier alpha value is -1.02. The highest BCUT2D eigenvalue weighted by atomic mass is 16.2. The van der Waals surface area contributed by atoms with Gasteiger partial charge in [0.05, 0.1) is 0 Å². The number of benzene rings is 1. The Balaban J connectivity index is 2.31. The molecule has 0 fully saturated rings. The largest absolute Gasteiger partial charge is 0.396 e. The number of hydrogen-bond acceptors (Lipinski definition) is 2. The van der Waals surface area contributed by atoms with Crippen LogP contribution >= 0.6 is 0 Å². The molecular weight excluding hydrogens is 186 g/mol. The van der Waals surface area contributed by atoms with Crippen LogP contribution in [-0.4, -0.2) is 18.3 Å². The third kappa shape index (κ3) is 4.84. The van der Waals surface area contributed by atoms with Gasteiger partial charge in [0, 0.05) is 18.8 Å². The monoisotopic (exact) mass is 207 g/mol. The Morgan fingerprint density at radius 1 is 1.00 bits per heavy atom. The van der Waals surface area contributed by atoms with Gasteiger partial charge in [-0.05, 0) is 56.4 Å². The molecule has 0 spiro atoms. The van der Waals surface area contributed by atoms with Crippen molar-refractivity contribution in [1.82, 2.24) is 0 Å². The molecule has 0 heterocycles. The van der Waals surface area contributed by atoms with Crippen molar-refractivity contribution in [2.24, 2.45) is 0 Å². The van der Waals surface area contributed by atoms with Gasteiger partial charge in [0.15, 0.2) is 0 Å². The van der Waals surface area contributed by atoms with E-state index in [0.717, 1.165) is 25.8 Å². The smallest absolute Gasteiger partial charge is 0.0431 e. The average molecular weight is 207 g/mol. The second-order valence-electron chi connectivity index (χ2n) is 4.09. The molecule has 1 aromatic rings. The Morgan fingerprint density at radius 3 is 2.27 bits per heavy atom. The first-order valence-corrected chi connectivity index (χ1v) is 5.65. The number of unbranched alkanes of at least 4 members (excludes halogenated alkanes) is 2.